The average Bonchev–Trinajstić information content (AvgIpc) is 3.07. The average molecular weight is 493 g/mol. The van der Waals surface area contributed by atoms with Crippen molar-refractivity contribution in [2.75, 3.05) is 0 Å². The summed E-state index contributed by atoms with van der Waals surface area (Å²) in [6.07, 6.45) is 25.1. The van der Waals surface area contributed by atoms with Crippen LogP contribution in [-0.2, 0) is 26.2 Å². The van der Waals surface area contributed by atoms with E-state index in [9.17, 15) is 0 Å². The van der Waals surface area contributed by atoms with Crippen molar-refractivity contribution in [3.05, 3.63) is 47.6 Å². The quantitative estimate of drug-likeness (QED) is 0.448. The van der Waals surface area contributed by atoms with Crippen molar-refractivity contribution in [3.8, 4) is 0 Å². The van der Waals surface area contributed by atoms with Crippen molar-refractivity contribution >= 4 is 0 Å². The molecule has 0 saturated heterocycles. The Morgan fingerprint density at radius 2 is 1.19 bits per heavy atom. The molecule has 3 heteroatoms. The molecule has 0 spiro atoms. The molecule has 0 atom stereocenters. The SMILES string of the molecule is CCCCC1=[C-]CC=C1.CCCCC1=[C-]CC=C1.[Br-].[Br-].[Zr+4]. The molecule has 0 aliphatic heterocycles. The number of hydrogen-bond donors (Lipinski definition) is 0. The minimum atomic E-state index is 0. The number of allylic oxidation sites excluding steroid dienone is 8. The Hall–Kier alpha value is 0.803. The van der Waals surface area contributed by atoms with Gasteiger partial charge in [0.2, 0.25) is 0 Å². The van der Waals surface area contributed by atoms with Crippen LogP contribution >= 0.6 is 0 Å². The third-order valence-corrected chi connectivity index (χ3v) is 3.13. The van der Waals surface area contributed by atoms with Gasteiger partial charge in [-0.25, -0.2) is 23.3 Å². The molecule has 0 amide bonds. The Bertz CT molecular complexity index is 307. The van der Waals surface area contributed by atoms with Crippen LogP contribution in [0.2, 0.25) is 0 Å². The van der Waals surface area contributed by atoms with Crippen molar-refractivity contribution in [1.82, 2.24) is 0 Å². The first kappa shape index (κ1) is 26.7. The summed E-state index contributed by atoms with van der Waals surface area (Å²) in [5.41, 5.74) is 2.83. The Morgan fingerprint density at radius 1 is 0.810 bits per heavy atom. The zero-order valence-corrected chi connectivity index (χ0v) is 18.9. The van der Waals surface area contributed by atoms with Gasteiger partial charge >= 0.3 is 26.2 Å². The fourth-order valence-electron chi connectivity index (χ4n) is 1.98. The van der Waals surface area contributed by atoms with Gasteiger partial charge in [-0.2, -0.15) is 12.2 Å². The van der Waals surface area contributed by atoms with Crippen molar-refractivity contribution < 1.29 is 60.2 Å². The van der Waals surface area contributed by atoms with E-state index in [2.05, 4.69) is 50.3 Å². The van der Waals surface area contributed by atoms with Gasteiger partial charge in [-0.05, 0) is 0 Å². The molecule has 116 valence electrons. The van der Waals surface area contributed by atoms with E-state index in [-0.39, 0.29) is 60.2 Å². The molecule has 0 radical (unpaired) electrons. The van der Waals surface area contributed by atoms with Gasteiger partial charge in [-0.3, -0.25) is 12.2 Å². The van der Waals surface area contributed by atoms with Crippen LogP contribution in [-0.4, -0.2) is 0 Å². The molecule has 21 heavy (non-hydrogen) atoms. The fourth-order valence-corrected chi connectivity index (χ4v) is 1.98. The zero-order chi connectivity index (χ0) is 13.1. The first-order valence-corrected chi connectivity index (χ1v) is 7.39. The van der Waals surface area contributed by atoms with E-state index in [1.807, 2.05) is 0 Å². The van der Waals surface area contributed by atoms with Gasteiger partial charge in [0.1, 0.15) is 0 Å². The summed E-state index contributed by atoms with van der Waals surface area (Å²) in [4.78, 5) is 0. The summed E-state index contributed by atoms with van der Waals surface area (Å²) in [6, 6.07) is 0. The zero-order valence-electron chi connectivity index (χ0n) is 13.2. The van der Waals surface area contributed by atoms with Gasteiger partial charge in [0.25, 0.3) is 0 Å². The molecule has 2 aliphatic carbocycles. The molecular formula is C18H26Br2Zr. The molecule has 0 saturated carbocycles. The molecule has 0 fully saturated rings. The van der Waals surface area contributed by atoms with E-state index in [0.29, 0.717) is 0 Å². The van der Waals surface area contributed by atoms with E-state index in [0.717, 1.165) is 12.8 Å². The Labute approximate surface area is 171 Å². The third-order valence-electron chi connectivity index (χ3n) is 3.13. The number of unbranched alkanes of at least 4 members (excludes halogenated alkanes) is 2. The van der Waals surface area contributed by atoms with E-state index < -0.39 is 0 Å². The number of rotatable bonds is 6. The standard InChI is InChI=1S/2C9H13.2BrH.Zr/c2*1-2-3-6-9-7-4-5-8-9;;;/h2*4,7H,2-3,5-6H2,1H3;2*1H;/q2*-1;;;+4/p-2. The predicted molar refractivity (Wildman–Crippen MR) is 80.1 cm³/mol. The van der Waals surface area contributed by atoms with Crippen LogP contribution < -0.4 is 34.0 Å². The van der Waals surface area contributed by atoms with Gasteiger partial charge in [0, 0.05) is 0 Å². The second-order valence-corrected chi connectivity index (χ2v) is 4.82. The summed E-state index contributed by atoms with van der Waals surface area (Å²) in [5, 5.41) is 0. The molecule has 2 aliphatic rings. The van der Waals surface area contributed by atoms with E-state index >= 15 is 0 Å². The maximum absolute atomic E-state index is 3.30. The number of hydrogen-bond acceptors (Lipinski definition) is 0. The third kappa shape index (κ3) is 14.1. The molecule has 0 unspecified atom stereocenters. The van der Waals surface area contributed by atoms with Crippen LogP contribution in [0, 0.1) is 12.2 Å². The van der Waals surface area contributed by atoms with Crippen LogP contribution in [0.25, 0.3) is 0 Å². The minimum absolute atomic E-state index is 0. The molecule has 0 nitrogen and oxygen atoms in total. The Kier molecular flexibility index (Phi) is 24.0. The van der Waals surface area contributed by atoms with Gasteiger partial charge in [0.15, 0.2) is 0 Å². The minimum Gasteiger partial charge on any atom is -1.00 e. The maximum Gasteiger partial charge on any atom is 4.00 e. The largest absolute Gasteiger partial charge is 4.00 e. The topological polar surface area (TPSA) is 0 Å². The second-order valence-electron chi connectivity index (χ2n) is 4.82. The normalized spacial score (nSPS) is 14.0. The van der Waals surface area contributed by atoms with Gasteiger partial charge in [0.05, 0.1) is 0 Å². The second kappa shape index (κ2) is 18.9. The molecule has 0 aromatic carbocycles. The monoisotopic (exact) mass is 490 g/mol. The molecule has 0 heterocycles. The van der Waals surface area contributed by atoms with Crippen LogP contribution in [0.3, 0.4) is 0 Å². The summed E-state index contributed by atoms with van der Waals surface area (Å²) in [5.74, 6) is 0. The van der Waals surface area contributed by atoms with Crippen molar-refractivity contribution in [1.29, 1.82) is 0 Å². The van der Waals surface area contributed by atoms with Gasteiger partial charge in [-0.15, -0.1) is 12.8 Å². The molecule has 0 N–H and O–H groups in total. The van der Waals surface area contributed by atoms with Crippen molar-refractivity contribution in [2.45, 2.75) is 65.2 Å². The Morgan fingerprint density at radius 3 is 1.43 bits per heavy atom. The Balaban J connectivity index is -0.000000270. The van der Waals surface area contributed by atoms with Crippen LogP contribution in [0.15, 0.2) is 35.5 Å². The first-order valence-electron chi connectivity index (χ1n) is 7.39. The van der Waals surface area contributed by atoms with Gasteiger partial charge in [-0.1, -0.05) is 52.4 Å². The van der Waals surface area contributed by atoms with Gasteiger partial charge < -0.3 is 34.0 Å². The molecule has 0 aromatic heterocycles. The van der Waals surface area contributed by atoms with Crippen LogP contribution in [0.5, 0.6) is 0 Å². The van der Waals surface area contributed by atoms with Crippen molar-refractivity contribution in [3.63, 3.8) is 0 Å². The maximum atomic E-state index is 3.30. The first-order chi connectivity index (χ1) is 8.86. The molecule has 0 bridgehead atoms. The smallest absolute Gasteiger partial charge is 1.00 e. The predicted octanol–water partition coefficient (Wildman–Crippen LogP) is -0.262. The summed E-state index contributed by atoms with van der Waals surface area (Å²) >= 11 is 0. The van der Waals surface area contributed by atoms with Crippen molar-refractivity contribution in [2.24, 2.45) is 0 Å². The van der Waals surface area contributed by atoms with E-state index in [1.165, 1.54) is 49.7 Å². The van der Waals surface area contributed by atoms with E-state index in [1.54, 1.807) is 0 Å². The van der Waals surface area contributed by atoms with Crippen LogP contribution in [0.1, 0.15) is 65.2 Å². The van der Waals surface area contributed by atoms with E-state index in [4.69, 9.17) is 0 Å². The summed E-state index contributed by atoms with van der Waals surface area (Å²) in [7, 11) is 0. The fraction of sp³-hybridized carbons (Fsp3) is 0.556. The van der Waals surface area contributed by atoms with Crippen LogP contribution in [0.4, 0.5) is 0 Å². The molecular weight excluding hydrogens is 467 g/mol. The molecule has 2 rings (SSSR count). The number of halogens is 2. The summed E-state index contributed by atoms with van der Waals surface area (Å²) < 4.78 is 0. The molecule has 0 aromatic rings. The summed E-state index contributed by atoms with van der Waals surface area (Å²) in [6.45, 7) is 4.44.